The quantitative estimate of drug-likeness (QED) is 0.274. The van der Waals surface area contributed by atoms with Gasteiger partial charge in [0.25, 0.3) is 0 Å². The van der Waals surface area contributed by atoms with E-state index in [2.05, 4.69) is 12.8 Å². The second-order valence-corrected chi connectivity index (χ2v) is 0.289. The van der Waals surface area contributed by atoms with Gasteiger partial charge >= 0.3 is 0 Å². The summed E-state index contributed by atoms with van der Waals surface area (Å²) in [5, 5.41) is 0. The Kier molecular flexibility index (Phi) is 1.65. The molecule has 4 heavy (non-hydrogen) atoms. The summed E-state index contributed by atoms with van der Waals surface area (Å²) in [7, 11) is 0. The summed E-state index contributed by atoms with van der Waals surface area (Å²) >= 11 is 0. The smallest absolute Gasteiger partial charge is 0.0191 e. The van der Waals surface area contributed by atoms with E-state index in [1.165, 1.54) is 0 Å². The summed E-state index contributed by atoms with van der Waals surface area (Å²) in [4.78, 5) is 0. The van der Waals surface area contributed by atoms with Crippen molar-refractivity contribution in [3.8, 4) is 24.7 Å². The highest BCUT2D eigenvalue weighted by atomic mass is 14.2. The van der Waals surface area contributed by atoms with E-state index in [1.807, 2.05) is 11.8 Å². The van der Waals surface area contributed by atoms with Gasteiger partial charge in [0.15, 0.2) is 0 Å². The van der Waals surface area contributed by atoms with E-state index in [-0.39, 0.29) is 0 Å². The van der Waals surface area contributed by atoms with Crippen molar-refractivity contribution >= 4 is 0 Å². The molecular weight excluding hydrogens is 50.0 g/mol. The molecule has 0 aromatic carbocycles. The van der Waals surface area contributed by atoms with Gasteiger partial charge in [-0.2, -0.15) is 0 Å². The minimum absolute atomic E-state index is 1.96. The average molecular weight is 52.0 g/mol. The molecule has 0 aliphatic rings. The Labute approximate surface area is 25.8 Å². The van der Waals surface area contributed by atoms with Crippen LogP contribution in [0.15, 0.2) is 0 Å². The van der Waals surface area contributed by atoms with Crippen LogP contribution in [-0.2, 0) is 0 Å². The van der Waals surface area contributed by atoms with Crippen LogP contribution >= 0.6 is 0 Å². The van der Waals surface area contributed by atoms with Crippen LogP contribution in [0.25, 0.3) is 0 Å². The molecule has 0 unspecified atom stereocenters. The average Bonchev–Trinajstić information content (AvgIpc) is 1.37. The SMILES string of the molecule is C#[13C][13C]#C. The lowest BCUT2D eigenvalue weighted by Crippen LogP contribution is -1.26. The Morgan fingerprint density at radius 2 is 1.25 bits per heavy atom. The van der Waals surface area contributed by atoms with Gasteiger partial charge in [0, 0.05) is 0 Å². The van der Waals surface area contributed by atoms with Gasteiger partial charge in [0.05, 0.1) is 0 Å². The first kappa shape index (κ1) is 3.12. The highest BCUT2D eigenvalue weighted by Gasteiger charge is 1.23. The van der Waals surface area contributed by atoms with Crippen LogP contribution in [0.3, 0.4) is 0 Å². The third kappa shape index (κ3) is 1.12. The van der Waals surface area contributed by atoms with Crippen LogP contribution in [0, 0.1) is 24.7 Å². The van der Waals surface area contributed by atoms with E-state index in [0.717, 1.165) is 0 Å². The molecule has 0 aromatic rings. The van der Waals surface area contributed by atoms with Crippen molar-refractivity contribution in [2.45, 2.75) is 0 Å². The molecule has 0 bridgehead atoms. The fraction of sp³-hybridized carbons (Fsp3) is 0. The minimum Gasteiger partial charge on any atom is -0.106 e. The van der Waals surface area contributed by atoms with E-state index < -0.39 is 0 Å². The minimum atomic E-state index is 1.96. The van der Waals surface area contributed by atoms with E-state index in [9.17, 15) is 0 Å². The maximum Gasteiger partial charge on any atom is -0.0191 e. The zero-order valence-electron chi connectivity index (χ0n) is 2.15. The molecule has 0 saturated carbocycles. The zero-order valence-corrected chi connectivity index (χ0v) is 2.15. The maximum absolute atomic E-state index is 4.54. The largest absolute Gasteiger partial charge is 0.106 e. The predicted molar refractivity (Wildman–Crippen MR) is 17.7 cm³/mol. The summed E-state index contributed by atoms with van der Waals surface area (Å²) in [6.07, 6.45) is 9.08. The van der Waals surface area contributed by atoms with Gasteiger partial charge in [0.2, 0.25) is 0 Å². The number of hydrogen-bond donors (Lipinski definition) is 0. The molecular formula is C4H2. The van der Waals surface area contributed by atoms with Crippen molar-refractivity contribution in [1.82, 2.24) is 0 Å². The van der Waals surface area contributed by atoms with Crippen LogP contribution in [0.2, 0.25) is 0 Å². The van der Waals surface area contributed by atoms with Crippen LogP contribution in [-0.4, -0.2) is 0 Å². The summed E-state index contributed by atoms with van der Waals surface area (Å²) in [5.41, 5.74) is 0. The molecule has 0 aliphatic carbocycles. The second-order valence-electron chi connectivity index (χ2n) is 0.289. The standard InChI is InChI=1S/C4H2/c1-3-4-2/h1-2H/i3+1,4+1. The summed E-state index contributed by atoms with van der Waals surface area (Å²) in [5.74, 6) is 3.92. The molecule has 0 amide bonds. The van der Waals surface area contributed by atoms with Crippen molar-refractivity contribution < 1.29 is 0 Å². The molecule has 0 nitrogen and oxygen atoms in total. The van der Waals surface area contributed by atoms with E-state index in [1.54, 1.807) is 0 Å². The van der Waals surface area contributed by atoms with E-state index in [0.29, 0.717) is 0 Å². The molecule has 0 spiro atoms. The third-order valence-electron chi connectivity index (χ3n) is 0.0833. The lowest BCUT2D eigenvalue weighted by Gasteiger charge is -1.30. The first-order valence-electron chi connectivity index (χ1n) is 0.827. The Morgan fingerprint density at radius 3 is 1.25 bits per heavy atom. The summed E-state index contributed by atoms with van der Waals surface area (Å²) in [6.45, 7) is 0. The van der Waals surface area contributed by atoms with Gasteiger partial charge in [-0.05, 0) is 11.8 Å². The van der Waals surface area contributed by atoms with Gasteiger partial charge in [0.1, 0.15) is 0 Å². The molecule has 18 valence electrons. The van der Waals surface area contributed by atoms with E-state index in [4.69, 9.17) is 0 Å². The summed E-state index contributed by atoms with van der Waals surface area (Å²) in [6, 6.07) is 0. The van der Waals surface area contributed by atoms with Crippen molar-refractivity contribution in [3.63, 3.8) is 0 Å². The molecule has 0 N–H and O–H groups in total. The molecule has 0 aliphatic heterocycles. The maximum atomic E-state index is 4.54. The number of terminal acetylenes is 2. The van der Waals surface area contributed by atoms with Gasteiger partial charge in [-0.25, -0.2) is 0 Å². The first-order chi connectivity index (χ1) is 1.91. The Hall–Kier alpha value is -0.880. The topological polar surface area (TPSA) is 0 Å². The van der Waals surface area contributed by atoms with Gasteiger partial charge in [-0.1, -0.05) is 0 Å². The predicted octanol–water partition coefficient (Wildman–Crippen LogP) is 0.253. The molecule has 0 heterocycles. The second kappa shape index (κ2) is 2.12. The van der Waals surface area contributed by atoms with Crippen molar-refractivity contribution in [2.24, 2.45) is 0 Å². The Bertz CT molecular complexity index is 55.0. The molecule has 0 saturated heterocycles. The Balaban J connectivity index is 3.14. The first-order valence-corrected chi connectivity index (χ1v) is 0.827. The normalized spacial score (nSPS) is 2.50. The fourth-order valence-electron chi connectivity index (χ4n) is 0. The highest BCUT2D eigenvalue weighted by molar-refractivity contribution is 5.15. The van der Waals surface area contributed by atoms with Crippen LogP contribution < -0.4 is 0 Å². The molecule has 0 rings (SSSR count). The third-order valence-corrected chi connectivity index (χ3v) is 0.0833. The molecule has 0 aromatic heterocycles. The molecule has 0 fully saturated rings. The van der Waals surface area contributed by atoms with Gasteiger partial charge in [-0.3, -0.25) is 0 Å². The van der Waals surface area contributed by atoms with Crippen LogP contribution in [0.5, 0.6) is 0 Å². The molecule has 0 atom stereocenters. The van der Waals surface area contributed by atoms with Crippen LogP contribution in [0.4, 0.5) is 0 Å². The van der Waals surface area contributed by atoms with Crippen molar-refractivity contribution in [2.75, 3.05) is 0 Å². The summed E-state index contributed by atoms with van der Waals surface area (Å²) < 4.78 is 0. The number of rotatable bonds is 0. The monoisotopic (exact) mass is 52.0 g/mol. The van der Waals surface area contributed by atoms with Crippen molar-refractivity contribution in [3.05, 3.63) is 0 Å². The van der Waals surface area contributed by atoms with Gasteiger partial charge < -0.3 is 0 Å². The van der Waals surface area contributed by atoms with Crippen LogP contribution in [0.1, 0.15) is 0 Å². The molecule has 0 heteroatoms. The lowest BCUT2D eigenvalue weighted by molar-refractivity contribution is 2.62. The van der Waals surface area contributed by atoms with Crippen molar-refractivity contribution in [1.29, 1.82) is 0 Å². The zero-order chi connectivity index (χ0) is 3.41. The Morgan fingerprint density at radius 1 is 1.00 bits per heavy atom. The van der Waals surface area contributed by atoms with Gasteiger partial charge in [-0.15, -0.1) is 12.8 Å². The van der Waals surface area contributed by atoms with E-state index >= 15 is 0 Å². The highest BCUT2D eigenvalue weighted by Crippen LogP contribution is 1.27. The lowest BCUT2D eigenvalue weighted by atomic mass is 11.4. The fourth-order valence-corrected chi connectivity index (χ4v) is 0. The molecule has 0 radical (unpaired) electrons. The number of hydrogen-bond acceptors (Lipinski definition) is 0.